The monoisotopic (exact) mass is 279 g/mol. The number of hydrogen-bond donors (Lipinski definition) is 1. The molecule has 1 saturated carbocycles. The number of hydrogen-bond acceptors (Lipinski definition) is 1. The molecule has 2 unspecified atom stereocenters. The maximum Gasteiger partial charge on any atom is 0.220 e. The van der Waals surface area contributed by atoms with Crippen molar-refractivity contribution in [3.8, 4) is 0 Å². The van der Waals surface area contributed by atoms with E-state index in [9.17, 15) is 4.79 Å². The summed E-state index contributed by atoms with van der Waals surface area (Å²) in [5, 5.41) is 3.91. The minimum absolute atomic E-state index is 0.163. The Labute approximate surface area is 120 Å². The first-order valence-corrected chi connectivity index (χ1v) is 7.47. The molecule has 1 aromatic carbocycles. The second-order valence-electron chi connectivity index (χ2n) is 5.77. The predicted octanol–water partition coefficient (Wildman–Crippen LogP) is 3.89. The molecule has 1 aliphatic rings. The van der Waals surface area contributed by atoms with Crippen molar-refractivity contribution in [1.82, 2.24) is 5.32 Å². The first-order chi connectivity index (χ1) is 9.04. The number of benzene rings is 1. The zero-order valence-electron chi connectivity index (χ0n) is 11.7. The van der Waals surface area contributed by atoms with Gasteiger partial charge in [0, 0.05) is 17.5 Å². The molecule has 1 amide bonds. The molecule has 1 aromatic rings. The molecule has 0 saturated heterocycles. The number of carbonyl (C=O) groups is 1. The van der Waals surface area contributed by atoms with Gasteiger partial charge in [-0.25, -0.2) is 0 Å². The van der Waals surface area contributed by atoms with Gasteiger partial charge in [-0.1, -0.05) is 30.7 Å². The molecule has 0 spiro atoms. The fraction of sp³-hybridized carbons (Fsp3) is 0.562. The lowest BCUT2D eigenvalue weighted by Gasteiger charge is -2.12. The molecular weight excluding hydrogens is 258 g/mol. The number of carbonyl (C=O) groups excluding carboxylic acids is 1. The second-order valence-corrected chi connectivity index (χ2v) is 6.17. The summed E-state index contributed by atoms with van der Waals surface area (Å²) in [7, 11) is 0. The average Bonchev–Trinajstić information content (AvgIpc) is 2.76. The maximum atomic E-state index is 11.9. The van der Waals surface area contributed by atoms with Crippen molar-refractivity contribution in [3.63, 3.8) is 0 Å². The number of aryl methyl sites for hydroxylation is 2. The number of amides is 1. The smallest absolute Gasteiger partial charge is 0.220 e. The third-order valence-corrected chi connectivity index (χ3v) is 4.34. The lowest BCUT2D eigenvalue weighted by molar-refractivity contribution is -0.121. The molecule has 0 aliphatic heterocycles. The first kappa shape index (κ1) is 14.4. The summed E-state index contributed by atoms with van der Waals surface area (Å²) >= 11 is 6.08. The van der Waals surface area contributed by atoms with Crippen molar-refractivity contribution in [2.75, 3.05) is 0 Å². The Balaban J connectivity index is 1.78. The van der Waals surface area contributed by atoms with Gasteiger partial charge in [-0.05, 0) is 55.7 Å². The lowest BCUT2D eigenvalue weighted by atomic mass is 10.1. The van der Waals surface area contributed by atoms with E-state index in [0.717, 1.165) is 41.3 Å². The van der Waals surface area contributed by atoms with Crippen LogP contribution in [0, 0.1) is 12.8 Å². The Bertz CT molecular complexity index is 458. The van der Waals surface area contributed by atoms with Crippen molar-refractivity contribution in [2.45, 2.75) is 52.0 Å². The molecule has 2 atom stereocenters. The van der Waals surface area contributed by atoms with Gasteiger partial charge in [-0.15, -0.1) is 0 Å². The zero-order valence-corrected chi connectivity index (χ0v) is 12.5. The van der Waals surface area contributed by atoms with E-state index < -0.39 is 0 Å². The molecular formula is C16H22ClNO. The van der Waals surface area contributed by atoms with Gasteiger partial charge in [-0.3, -0.25) is 4.79 Å². The van der Waals surface area contributed by atoms with E-state index in [1.807, 2.05) is 25.1 Å². The van der Waals surface area contributed by atoms with Crippen LogP contribution in [0.3, 0.4) is 0 Å². The van der Waals surface area contributed by atoms with Gasteiger partial charge >= 0.3 is 0 Å². The van der Waals surface area contributed by atoms with E-state index in [-0.39, 0.29) is 5.91 Å². The van der Waals surface area contributed by atoms with Gasteiger partial charge in [0.2, 0.25) is 5.91 Å². The Morgan fingerprint density at radius 1 is 1.42 bits per heavy atom. The highest BCUT2D eigenvalue weighted by atomic mass is 35.5. The molecule has 1 N–H and O–H groups in total. The maximum absolute atomic E-state index is 11.9. The van der Waals surface area contributed by atoms with Gasteiger partial charge in [-0.2, -0.15) is 0 Å². The third kappa shape index (κ3) is 4.24. The Hall–Kier alpha value is -1.02. The molecule has 19 heavy (non-hydrogen) atoms. The molecule has 0 bridgehead atoms. The summed E-state index contributed by atoms with van der Waals surface area (Å²) in [4.78, 5) is 11.9. The highest BCUT2D eigenvalue weighted by Gasteiger charge is 2.22. The van der Waals surface area contributed by atoms with E-state index >= 15 is 0 Å². The van der Waals surface area contributed by atoms with Gasteiger partial charge in [0.05, 0.1) is 0 Å². The number of nitrogens with one attached hydrogen (secondary N) is 1. The van der Waals surface area contributed by atoms with Crippen LogP contribution < -0.4 is 5.32 Å². The summed E-state index contributed by atoms with van der Waals surface area (Å²) in [6.07, 6.45) is 4.79. The van der Waals surface area contributed by atoms with Crippen LogP contribution in [0.5, 0.6) is 0 Å². The molecule has 0 radical (unpaired) electrons. The summed E-state index contributed by atoms with van der Waals surface area (Å²) in [6.45, 7) is 4.24. The Morgan fingerprint density at radius 3 is 2.84 bits per heavy atom. The van der Waals surface area contributed by atoms with Crippen molar-refractivity contribution >= 4 is 17.5 Å². The van der Waals surface area contributed by atoms with Crippen LogP contribution in [0.4, 0.5) is 0 Å². The molecule has 0 heterocycles. The predicted molar refractivity (Wildman–Crippen MR) is 79.5 cm³/mol. The van der Waals surface area contributed by atoms with Crippen LogP contribution in [0.15, 0.2) is 18.2 Å². The Morgan fingerprint density at radius 2 is 2.21 bits per heavy atom. The fourth-order valence-corrected chi connectivity index (χ4v) is 2.89. The van der Waals surface area contributed by atoms with Gasteiger partial charge < -0.3 is 5.32 Å². The van der Waals surface area contributed by atoms with E-state index in [1.165, 1.54) is 6.42 Å². The van der Waals surface area contributed by atoms with Crippen molar-refractivity contribution in [2.24, 2.45) is 5.92 Å². The molecule has 1 aliphatic carbocycles. The summed E-state index contributed by atoms with van der Waals surface area (Å²) in [5.41, 5.74) is 2.21. The first-order valence-electron chi connectivity index (χ1n) is 7.09. The van der Waals surface area contributed by atoms with Crippen LogP contribution in [0.1, 0.15) is 43.7 Å². The molecule has 2 nitrogen and oxygen atoms in total. The quantitative estimate of drug-likeness (QED) is 0.890. The highest BCUT2D eigenvalue weighted by molar-refractivity contribution is 6.31. The molecule has 1 fully saturated rings. The topological polar surface area (TPSA) is 29.1 Å². The minimum atomic E-state index is 0.163. The third-order valence-electron chi connectivity index (χ3n) is 3.94. The van der Waals surface area contributed by atoms with Crippen molar-refractivity contribution in [3.05, 3.63) is 34.3 Å². The van der Waals surface area contributed by atoms with Crippen LogP contribution in [0.25, 0.3) is 0 Å². The average molecular weight is 280 g/mol. The van der Waals surface area contributed by atoms with E-state index in [4.69, 9.17) is 11.6 Å². The lowest BCUT2D eigenvalue weighted by Crippen LogP contribution is -2.32. The van der Waals surface area contributed by atoms with Crippen LogP contribution >= 0.6 is 11.6 Å². The Kier molecular flexibility index (Phi) is 4.87. The van der Waals surface area contributed by atoms with Gasteiger partial charge in [0.15, 0.2) is 0 Å². The summed E-state index contributed by atoms with van der Waals surface area (Å²) < 4.78 is 0. The standard InChI is InChI=1S/C16H22ClNO/c1-11-3-7-14(9-11)18-16(19)8-6-13-5-4-12(2)15(17)10-13/h4-5,10-11,14H,3,6-9H2,1-2H3,(H,18,19). The van der Waals surface area contributed by atoms with Crippen molar-refractivity contribution in [1.29, 1.82) is 0 Å². The van der Waals surface area contributed by atoms with Crippen LogP contribution in [-0.2, 0) is 11.2 Å². The van der Waals surface area contributed by atoms with Gasteiger partial charge in [0.25, 0.3) is 0 Å². The molecule has 2 rings (SSSR count). The van der Waals surface area contributed by atoms with Crippen molar-refractivity contribution < 1.29 is 4.79 Å². The zero-order chi connectivity index (χ0) is 13.8. The SMILES string of the molecule is Cc1ccc(CCC(=O)NC2CCC(C)C2)cc1Cl. The number of rotatable bonds is 4. The molecule has 3 heteroatoms. The molecule has 0 aromatic heterocycles. The van der Waals surface area contributed by atoms with Crippen LogP contribution in [-0.4, -0.2) is 11.9 Å². The fourth-order valence-electron chi connectivity index (χ4n) is 2.69. The van der Waals surface area contributed by atoms with E-state index in [0.29, 0.717) is 12.5 Å². The van der Waals surface area contributed by atoms with E-state index in [1.54, 1.807) is 0 Å². The van der Waals surface area contributed by atoms with Crippen LogP contribution in [0.2, 0.25) is 5.02 Å². The number of halogens is 1. The largest absolute Gasteiger partial charge is 0.353 e. The normalized spacial score (nSPS) is 22.5. The van der Waals surface area contributed by atoms with Gasteiger partial charge in [0.1, 0.15) is 0 Å². The minimum Gasteiger partial charge on any atom is -0.353 e. The highest BCUT2D eigenvalue weighted by Crippen LogP contribution is 2.24. The van der Waals surface area contributed by atoms with E-state index in [2.05, 4.69) is 12.2 Å². The summed E-state index contributed by atoms with van der Waals surface area (Å²) in [5.74, 6) is 0.914. The summed E-state index contributed by atoms with van der Waals surface area (Å²) in [6, 6.07) is 6.41. The molecule has 104 valence electrons. The second kappa shape index (κ2) is 6.42.